The van der Waals surface area contributed by atoms with Crippen LogP contribution in [-0.4, -0.2) is 18.9 Å². The van der Waals surface area contributed by atoms with Crippen LogP contribution in [-0.2, 0) is 13.7 Å². The molecule has 0 radical (unpaired) electrons. The molecule has 0 aromatic carbocycles. The summed E-state index contributed by atoms with van der Waals surface area (Å²) < 4.78 is 28.6. The highest BCUT2D eigenvalue weighted by Gasteiger charge is 2.17. The van der Waals surface area contributed by atoms with Gasteiger partial charge in [-0.2, -0.15) is 4.37 Å². The van der Waals surface area contributed by atoms with Gasteiger partial charge in [-0.25, -0.2) is 13.2 Å². The van der Waals surface area contributed by atoms with Gasteiger partial charge < -0.3 is 0 Å². The van der Waals surface area contributed by atoms with Crippen molar-refractivity contribution < 1.29 is 13.2 Å². The van der Waals surface area contributed by atoms with Crippen LogP contribution in [0.1, 0.15) is 0 Å². The summed E-state index contributed by atoms with van der Waals surface area (Å²) in [6.07, 6.45) is 1.12. The van der Waals surface area contributed by atoms with Crippen LogP contribution < -0.4 is 0 Å². The van der Waals surface area contributed by atoms with Crippen LogP contribution in [0.2, 0.25) is 0 Å². The summed E-state index contributed by atoms with van der Waals surface area (Å²) in [5.74, 6) is 0. The van der Waals surface area contributed by atoms with Gasteiger partial charge in [0.15, 0.2) is 5.03 Å². The molecular weight excluding hydrogens is 220 g/mol. The SMILES string of the molecule is O=C=NSS(=O)(=O)c1ccsn1. The Hall–Kier alpha value is -0.690. The molecule has 0 fully saturated rings. The Morgan fingerprint density at radius 3 is 2.92 bits per heavy atom. The minimum Gasteiger partial charge on any atom is -0.210 e. The molecule has 64 valence electrons. The first-order valence-corrected chi connectivity index (χ1v) is 6.19. The van der Waals surface area contributed by atoms with Crippen molar-refractivity contribution in [2.45, 2.75) is 5.03 Å². The predicted octanol–water partition coefficient (Wildman–Crippen LogP) is 0.816. The number of nitrogens with zero attached hydrogens (tertiary/aromatic N) is 2. The highest BCUT2D eigenvalue weighted by atomic mass is 33.1. The van der Waals surface area contributed by atoms with E-state index in [1.54, 1.807) is 0 Å². The third kappa shape index (κ3) is 2.15. The summed E-state index contributed by atoms with van der Waals surface area (Å²) in [7, 11) is -3.44. The van der Waals surface area contributed by atoms with Crippen molar-refractivity contribution in [1.29, 1.82) is 0 Å². The molecule has 0 atom stereocenters. The molecule has 0 aliphatic heterocycles. The first-order valence-electron chi connectivity index (χ1n) is 2.58. The van der Waals surface area contributed by atoms with Gasteiger partial charge in [0.2, 0.25) is 6.08 Å². The van der Waals surface area contributed by atoms with Crippen molar-refractivity contribution in [3.8, 4) is 0 Å². The molecule has 0 N–H and O–H groups in total. The van der Waals surface area contributed by atoms with E-state index in [4.69, 9.17) is 0 Å². The molecule has 8 heteroatoms. The maximum Gasteiger partial charge on any atom is 0.270 e. The van der Waals surface area contributed by atoms with Crippen LogP contribution >= 0.6 is 22.5 Å². The molecule has 0 saturated heterocycles. The normalized spacial score (nSPS) is 10.7. The first kappa shape index (κ1) is 9.40. The molecule has 0 aliphatic carbocycles. The monoisotopic (exact) mass is 222 g/mol. The summed E-state index contributed by atoms with van der Waals surface area (Å²) in [5, 5.41) is 1.44. The fourth-order valence-electron chi connectivity index (χ4n) is 0.433. The Morgan fingerprint density at radius 2 is 2.42 bits per heavy atom. The van der Waals surface area contributed by atoms with Gasteiger partial charge in [0, 0.05) is 5.38 Å². The van der Waals surface area contributed by atoms with Crippen molar-refractivity contribution >= 4 is 37.5 Å². The number of hydrogen-bond acceptors (Lipinski definition) is 7. The van der Waals surface area contributed by atoms with Gasteiger partial charge in [-0.1, -0.05) is 0 Å². The van der Waals surface area contributed by atoms with Gasteiger partial charge in [-0.3, -0.25) is 0 Å². The van der Waals surface area contributed by atoms with E-state index < -0.39 is 8.87 Å². The fraction of sp³-hybridized carbons (Fsp3) is 0. The zero-order valence-electron chi connectivity index (χ0n) is 5.50. The molecular formula is C4H2N2O3S3. The van der Waals surface area contributed by atoms with Gasteiger partial charge >= 0.3 is 0 Å². The Kier molecular flexibility index (Phi) is 2.99. The number of carbonyl (C=O) groups excluding carboxylic acids is 1. The smallest absolute Gasteiger partial charge is 0.210 e. The number of rotatable bonds is 3. The van der Waals surface area contributed by atoms with E-state index in [1.165, 1.54) is 11.4 Å². The zero-order valence-corrected chi connectivity index (χ0v) is 7.95. The molecule has 0 saturated carbocycles. The third-order valence-electron chi connectivity index (χ3n) is 0.843. The second-order valence-corrected chi connectivity index (χ2v) is 5.64. The van der Waals surface area contributed by atoms with Crippen LogP contribution in [0.5, 0.6) is 0 Å². The quantitative estimate of drug-likeness (QED) is 0.327. The number of hydrogen-bond donors (Lipinski definition) is 0. The Morgan fingerprint density at radius 1 is 1.67 bits per heavy atom. The third-order valence-corrected chi connectivity index (χ3v) is 3.93. The zero-order chi connectivity index (χ0) is 9.03. The lowest BCUT2D eigenvalue weighted by Gasteiger charge is -1.89. The van der Waals surface area contributed by atoms with Crippen LogP contribution in [0.15, 0.2) is 20.9 Å². The van der Waals surface area contributed by atoms with Crippen molar-refractivity contribution in [2.75, 3.05) is 0 Å². The second-order valence-electron chi connectivity index (χ2n) is 1.55. The summed E-state index contributed by atoms with van der Waals surface area (Å²) in [4.78, 5) is 9.63. The van der Waals surface area contributed by atoms with Crippen molar-refractivity contribution in [2.24, 2.45) is 4.40 Å². The van der Waals surface area contributed by atoms with Crippen LogP contribution in [0.3, 0.4) is 0 Å². The minimum absolute atomic E-state index is 0.0866. The van der Waals surface area contributed by atoms with Crippen LogP contribution in [0.25, 0.3) is 0 Å². The van der Waals surface area contributed by atoms with Gasteiger partial charge in [0.05, 0.1) is 0 Å². The maximum atomic E-state index is 11.1. The molecule has 0 amide bonds. The molecule has 0 aliphatic rings. The van der Waals surface area contributed by atoms with E-state index in [-0.39, 0.29) is 16.0 Å². The van der Waals surface area contributed by atoms with Crippen LogP contribution in [0.4, 0.5) is 0 Å². The molecule has 1 rings (SSSR count). The summed E-state index contributed by atoms with van der Waals surface area (Å²) >= 11 is 1.02. The van der Waals surface area contributed by atoms with Crippen molar-refractivity contribution in [3.63, 3.8) is 0 Å². The van der Waals surface area contributed by atoms with E-state index in [2.05, 4.69) is 8.77 Å². The van der Waals surface area contributed by atoms with Gasteiger partial charge in [0.1, 0.15) is 11.0 Å². The maximum absolute atomic E-state index is 11.1. The highest BCUT2D eigenvalue weighted by Crippen LogP contribution is 2.22. The standard InChI is InChI=1S/C4H2N2O3S3/c7-3-5-11-12(8,9)4-1-2-10-6-4/h1-2H. The highest BCUT2D eigenvalue weighted by molar-refractivity contribution is 8.71. The van der Waals surface area contributed by atoms with Gasteiger partial charge in [-0.05, 0) is 17.6 Å². The van der Waals surface area contributed by atoms with E-state index >= 15 is 0 Å². The van der Waals surface area contributed by atoms with Crippen LogP contribution in [0, 0.1) is 0 Å². The topological polar surface area (TPSA) is 76.5 Å². The molecule has 0 bridgehead atoms. The number of isocyanates is 1. The Labute approximate surface area is 76.1 Å². The Balaban J connectivity index is 2.95. The fourth-order valence-corrected chi connectivity index (χ4v) is 2.92. The lowest BCUT2D eigenvalue weighted by atomic mass is 10.8. The lowest BCUT2D eigenvalue weighted by Crippen LogP contribution is -1.92. The van der Waals surface area contributed by atoms with E-state index in [0.29, 0.717) is 0 Å². The largest absolute Gasteiger partial charge is 0.270 e. The molecule has 5 nitrogen and oxygen atoms in total. The van der Waals surface area contributed by atoms with Crippen molar-refractivity contribution in [1.82, 2.24) is 4.37 Å². The second kappa shape index (κ2) is 3.81. The number of aromatic nitrogens is 1. The van der Waals surface area contributed by atoms with Crippen molar-refractivity contribution in [3.05, 3.63) is 11.4 Å². The average Bonchev–Trinajstić information content (AvgIpc) is 2.53. The van der Waals surface area contributed by atoms with Gasteiger partial charge in [0.25, 0.3) is 8.87 Å². The molecule has 0 unspecified atom stereocenters. The summed E-state index contributed by atoms with van der Waals surface area (Å²) in [5.41, 5.74) is 0. The molecule has 1 heterocycles. The summed E-state index contributed by atoms with van der Waals surface area (Å²) in [6.45, 7) is 0. The Bertz CT molecular complexity index is 389. The summed E-state index contributed by atoms with van der Waals surface area (Å²) in [6, 6.07) is 1.34. The molecule has 1 aromatic heterocycles. The van der Waals surface area contributed by atoms with E-state index in [9.17, 15) is 13.2 Å². The lowest BCUT2D eigenvalue weighted by molar-refractivity contribution is 0.566. The first-order chi connectivity index (χ1) is 5.67. The predicted molar refractivity (Wildman–Crippen MR) is 45.0 cm³/mol. The average molecular weight is 222 g/mol. The minimum atomic E-state index is -3.59. The molecule has 1 aromatic rings. The van der Waals surface area contributed by atoms with Gasteiger partial charge in [-0.15, -0.1) is 4.40 Å². The molecule has 0 spiro atoms. The van der Waals surface area contributed by atoms with E-state index in [1.807, 2.05) is 0 Å². The molecule has 12 heavy (non-hydrogen) atoms. The van der Waals surface area contributed by atoms with E-state index in [0.717, 1.165) is 17.6 Å².